The van der Waals surface area contributed by atoms with E-state index in [1.165, 1.54) is 25.7 Å². The van der Waals surface area contributed by atoms with Gasteiger partial charge in [0.15, 0.2) is 11.6 Å². The van der Waals surface area contributed by atoms with Crippen LogP contribution in [-0.4, -0.2) is 45.8 Å². The molecule has 2 aliphatic carbocycles. The van der Waals surface area contributed by atoms with Crippen LogP contribution >= 0.6 is 0 Å². The van der Waals surface area contributed by atoms with E-state index in [9.17, 15) is 4.79 Å². The second-order valence-electron chi connectivity index (χ2n) is 11.3. The van der Waals surface area contributed by atoms with Crippen molar-refractivity contribution < 1.29 is 4.79 Å². The van der Waals surface area contributed by atoms with Gasteiger partial charge in [0, 0.05) is 55.8 Å². The molecule has 0 bridgehead atoms. The number of nitrogens with two attached hydrogens (primary N) is 2. The number of amides is 1. The van der Waals surface area contributed by atoms with Crippen molar-refractivity contribution in [2.24, 2.45) is 27.8 Å². The minimum Gasteiger partial charge on any atom is -0.402 e. The van der Waals surface area contributed by atoms with Crippen LogP contribution in [0.5, 0.6) is 0 Å². The minimum atomic E-state index is 0.0700. The topological polar surface area (TPSA) is 135 Å². The minimum absolute atomic E-state index is 0.0700. The number of carbonyl (C=O) groups is 1. The molecule has 1 spiro atoms. The molecule has 9 nitrogen and oxygen atoms in total. The predicted molar refractivity (Wildman–Crippen MR) is 151 cm³/mol. The number of rotatable bonds is 6. The lowest BCUT2D eigenvalue weighted by Gasteiger charge is -2.47. The number of nitrogens with one attached hydrogen (secondary N) is 1. The Morgan fingerprint density at radius 1 is 1.13 bits per heavy atom. The fourth-order valence-corrected chi connectivity index (χ4v) is 6.50. The first-order valence-electron chi connectivity index (χ1n) is 14.0. The molecule has 202 valence electrons. The van der Waals surface area contributed by atoms with Crippen LogP contribution in [0.2, 0.25) is 0 Å². The molecule has 2 aromatic rings. The Morgan fingerprint density at radius 2 is 1.92 bits per heavy atom. The molecule has 1 saturated heterocycles. The van der Waals surface area contributed by atoms with Crippen LogP contribution in [0, 0.1) is 11.3 Å². The number of nitrogens with zero attached hydrogens (tertiary/aromatic N) is 5. The molecule has 3 fully saturated rings. The maximum absolute atomic E-state index is 11.6. The zero-order valence-electron chi connectivity index (χ0n) is 22.4. The smallest absolute Gasteiger partial charge is 0.217 e. The van der Waals surface area contributed by atoms with Crippen molar-refractivity contribution in [2.75, 3.05) is 18.0 Å². The Kier molecular flexibility index (Phi) is 7.90. The molecule has 9 heteroatoms. The zero-order chi connectivity index (χ0) is 26.5. The number of allylic oxidation sites excluding steroid dienone is 1. The highest BCUT2D eigenvalue weighted by atomic mass is 16.1. The Labute approximate surface area is 225 Å². The van der Waals surface area contributed by atoms with Gasteiger partial charge in [-0.25, -0.2) is 15.0 Å². The molecule has 5 N–H and O–H groups in total. The fourth-order valence-electron chi connectivity index (χ4n) is 6.50. The molecule has 1 atom stereocenters. The molecule has 2 saturated carbocycles. The SMILES string of the molecule is CC(=O)NC1CCCC2(CCN(c3cc(N=C(N)C=C(N)C4CCCC4)nc(-c4cccnc4)n3)CC2)C1. The summed E-state index contributed by atoms with van der Waals surface area (Å²) in [6.07, 6.45) is 16.6. The second-order valence-corrected chi connectivity index (χ2v) is 11.3. The van der Waals surface area contributed by atoms with Gasteiger partial charge >= 0.3 is 0 Å². The van der Waals surface area contributed by atoms with Gasteiger partial charge < -0.3 is 21.7 Å². The molecule has 1 aliphatic heterocycles. The van der Waals surface area contributed by atoms with Crippen molar-refractivity contribution in [3.8, 4) is 11.4 Å². The Morgan fingerprint density at radius 3 is 2.63 bits per heavy atom. The van der Waals surface area contributed by atoms with E-state index in [2.05, 4.69) is 20.2 Å². The van der Waals surface area contributed by atoms with Gasteiger partial charge in [-0.15, -0.1) is 0 Å². The van der Waals surface area contributed by atoms with Gasteiger partial charge in [-0.1, -0.05) is 19.3 Å². The van der Waals surface area contributed by atoms with Crippen molar-refractivity contribution in [3.05, 3.63) is 42.4 Å². The number of pyridine rings is 1. The van der Waals surface area contributed by atoms with E-state index in [4.69, 9.17) is 21.4 Å². The van der Waals surface area contributed by atoms with Crippen LogP contribution in [0.25, 0.3) is 11.4 Å². The van der Waals surface area contributed by atoms with Crippen LogP contribution in [-0.2, 0) is 4.79 Å². The van der Waals surface area contributed by atoms with Crippen molar-refractivity contribution in [2.45, 2.75) is 77.2 Å². The third-order valence-electron chi connectivity index (χ3n) is 8.50. The van der Waals surface area contributed by atoms with Crippen LogP contribution in [0.15, 0.2) is 47.4 Å². The van der Waals surface area contributed by atoms with E-state index >= 15 is 0 Å². The number of hydrogen-bond acceptors (Lipinski definition) is 7. The maximum atomic E-state index is 11.6. The van der Waals surface area contributed by atoms with Gasteiger partial charge in [0.25, 0.3) is 0 Å². The molecule has 3 aliphatic rings. The van der Waals surface area contributed by atoms with Crippen LogP contribution < -0.4 is 21.7 Å². The zero-order valence-corrected chi connectivity index (χ0v) is 22.4. The summed E-state index contributed by atoms with van der Waals surface area (Å²) in [6, 6.07) is 6.05. The number of anilines is 1. The number of piperidine rings is 1. The van der Waals surface area contributed by atoms with E-state index < -0.39 is 0 Å². The summed E-state index contributed by atoms with van der Waals surface area (Å²) in [5, 5.41) is 3.16. The molecule has 1 unspecified atom stereocenters. The highest BCUT2D eigenvalue weighted by Gasteiger charge is 2.39. The lowest BCUT2D eigenvalue weighted by Crippen LogP contribution is -2.47. The Bertz CT molecular complexity index is 1180. The van der Waals surface area contributed by atoms with Gasteiger partial charge in [0.2, 0.25) is 5.91 Å². The second kappa shape index (κ2) is 11.5. The summed E-state index contributed by atoms with van der Waals surface area (Å²) >= 11 is 0. The average Bonchev–Trinajstić information content (AvgIpc) is 3.45. The first kappa shape index (κ1) is 26.1. The predicted octanol–water partition coefficient (Wildman–Crippen LogP) is 4.23. The lowest BCUT2D eigenvalue weighted by atomic mass is 9.66. The van der Waals surface area contributed by atoms with Crippen LogP contribution in [0.3, 0.4) is 0 Å². The summed E-state index contributed by atoms with van der Waals surface area (Å²) in [7, 11) is 0. The Hall–Kier alpha value is -3.49. The average molecular weight is 517 g/mol. The van der Waals surface area contributed by atoms with Gasteiger partial charge in [-0.05, 0) is 74.5 Å². The largest absolute Gasteiger partial charge is 0.402 e. The van der Waals surface area contributed by atoms with Crippen molar-refractivity contribution in [1.29, 1.82) is 0 Å². The van der Waals surface area contributed by atoms with Crippen molar-refractivity contribution in [3.63, 3.8) is 0 Å². The summed E-state index contributed by atoms with van der Waals surface area (Å²) in [5.74, 6) is 2.77. The van der Waals surface area contributed by atoms with E-state index in [0.29, 0.717) is 23.4 Å². The molecule has 38 heavy (non-hydrogen) atoms. The molecule has 1 amide bonds. The highest BCUT2D eigenvalue weighted by Crippen LogP contribution is 2.45. The van der Waals surface area contributed by atoms with E-state index in [0.717, 1.165) is 68.7 Å². The molecular weight excluding hydrogens is 476 g/mol. The number of aromatic nitrogens is 3. The third-order valence-corrected chi connectivity index (χ3v) is 8.50. The highest BCUT2D eigenvalue weighted by molar-refractivity contribution is 5.93. The monoisotopic (exact) mass is 516 g/mol. The van der Waals surface area contributed by atoms with Crippen LogP contribution in [0.1, 0.15) is 71.1 Å². The molecular formula is C29H40N8O. The quantitative estimate of drug-likeness (QED) is 0.386. The normalized spacial score (nSPS) is 22.6. The number of hydrogen-bond donors (Lipinski definition) is 3. The lowest BCUT2D eigenvalue weighted by molar-refractivity contribution is -0.120. The molecule has 0 aromatic carbocycles. The first-order valence-corrected chi connectivity index (χ1v) is 14.0. The maximum Gasteiger partial charge on any atom is 0.217 e. The number of amidine groups is 1. The molecule has 5 rings (SSSR count). The molecule has 2 aromatic heterocycles. The first-order chi connectivity index (χ1) is 18.4. The standard InChI is InChI=1S/C29H40N8O/c1-20(38)33-23-9-4-10-29(18-23)11-14-37(15-12-29)27-17-26(35-28(36-27)22-8-5-13-32-19-22)34-25(31)16-24(30)21-6-2-3-7-21/h5,8,13,16-17,19,21,23H,2-4,6-7,9-12,14-15,18,30H2,1H3,(H,33,38)(H2,31,34,35,36). The van der Waals surface area contributed by atoms with Gasteiger partial charge in [-0.2, -0.15) is 0 Å². The summed E-state index contributed by atoms with van der Waals surface area (Å²) in [6.45, 7) is 3.43. The third kappa shape index (κ3) is 6.31. The summed E-state index contributed by atoms with van der Waals surface area (Å²) in [5.41, 5.74) is 14.6. The Balaban J connectivity index is 1.37. The fraction of sp³-hybridized carbons (Fsp3) is 0.552. The molecule has 3 heterocycles. The van der Waals surface area contributed by atoms with Crippen molar-refractivity contribution >= 4 is 23.4 Å². The molecule has 0 radical (unpaired) electrons. The van der Waals surface area contributed by atoms with E-state index in [-0.39, 0.29) is 17.4 Å². The van der Waals surface area contributed by atoms with E-state index in [1.807, 2.05) is 18.2 Å². The number of aliphatic imine (C=N–C) groups is 1. The number of carbonyl (C=O) groups excluding carboxylic acids is 1. The van der Waals surface area contributed by atoms with Crippen LogP contribution in [0.4, 0.5) is 11.6 Å². The van der Waals surface area contributed by atoms with Gasteiger partial charge in [-0.3, -0.25) is 9.78 Å². The van der Waals surface area contributed by atoms with Crippen molar-refractivity contribution in [1.82, 2.24) is 20.3 Å². The van der Waals surface area contributed by atoms with Gasteiger partial charge in [0.1, 0.15) is 11.7 Å². The summed E-state index contributed by atoms with van der Waals surface area (Å²) in [4.78, 5) is 32.5. The van der Waals surface area contributed by atoms with Gasteiger partial charge in [0.05, 0.1) is 0 Å². The summed E-state index contributed by atoms with van der Waals surface area (Å²) < 4.78 is 0. The van der Waals surface area contributed by atoms with E-state index in [1.54, 1.807) is 25.4 Å².